The number of pyridine rings is 5. The van der Waals surface area contributed by atoms with Crippen LogP contribution in [0.3, 0.4) is 0 Å². The Labute approximate surface area is 893 Å². The van der Waals surface area contributed by atoms with Crippen LogP contribution in [0.4, 0.5) is 0 Å². The molecule has 0 radical (unpaired) electrons. The van der Waals surface area contributed by atoms with E-state index >= 15 is 0 Å². The monoisotopic (exact) mass is 2010 g/mol. The zero-order valence-electron chi connectivity index (χ0n) is 76.5. The molecule has 10 aromatic heterocycles. The van der Waals surface area contributed by atoms with Crippen LogP contribution in [0.15, 0.2) is 148 Å². The van der Waals surface area contributed by atoms with Gasteiger partial charge in [0.15, 0.2) is 10.3 Å². The van der Waals surface area contributed by atoms with Gasteiger partial charge in [-0.1, -0.05) is 113 Å². The number of hydrogen-bond acceptors (Lipinski definition) is 25. The maximum Gasteiger partial charge on any atom is 2.00 e. The summed E-state index contributed by atoms with van der Waals surface area (Å²) >= 11 is 0. The number of nitrogens with one attached hydrogen (secondary N) is 2. The summed E-state index contributed by atoms with van der Waals surface area (Å²) in [4.78, 5) is 63.1. The van der Waals surface area contributed by atoms with E-state index in [1.54, 1.807) is 157 Å². The van der Waals surface area contributed by atoms with Crippen molar-refractivity contribution in [2.24, 2.45) is 0 Å². The van der Waals surface area contributed by atoms with E-state index < -0.39 is 54.0 Å². The van der Waals surface area contributed by atoms with Crippen LogP contribution in [-0.2, 0) is 82.8 Å². The van der Waals surface area contributed by atoms with Crippen LogP contribution >= 0.6 is 0 Å². The average molecular weight is 2020 g/mol. The van der Waals surface area contributed by atoms with E-state index in [0.29, 0.717) is 76.1 Å². The maximum absolute atomic E-state index is 12.7. The van der Waals surface area contributed by atoms with Crippen LogP contribution in [0.1, 0.15) is 179 Å². The summed E-state index contributed by atoms with van der Waals surface area (Å²) in [6.45, 7) is 27.3. The molecule has 5 atom stereocenters. The van der Waals surface area contributed by atoms with Crippen LogP contribution in [0.2, 0.25) is 0 Å². The second-order valence-corrected chi connectivity index (χ2v) is 33.9. The van der Waals surface area contributed by atoms with Gasteiger partial charge in [0.05, 0.1) is 204 Å². The topological polar surface area (TPSA) is 380 Å². The number of imidazole rings is 5. The number of hydrogen-bond donors (Lipinski definition) is 2. The molecule has 5 aromatic carbocycles. The molecular weight excluding hydrogens is 1880 g/mol. The fraction of sp³-hybridized carbons (Fsp3) is 0.388. The Morgan fingerprint density at radius 2 is 0.471 bits per heavy atom. The number of aryl methyl sites for hydroxylation is 5. The first-order valence-corrected chi connectivity index (χ1v) is 45.7. The number of aromatic amines is 2. The van der Waals surface area contributed by atoms with E-state index in [2.05, 4.69) is 74.8 Å². The standard InChI is InChI=1S/2C17H19N3O3S.3C17H18N3O3S.2C2H6.9CH4.K.2Mg/c5*1-10-8-18-15(11(2)16(10)23-4)9-24(21)17-19-13-6-5-12(22-3)7-14(13)20-17;2*1-2;;;;;;;;;;;;/h2*5-8H,9H2,1-4H3,(H,19,20);3*5-8H,9H2,1-4H3;2*1-2H3;9*1H4;;;/q;;3*-1;;;;;;;;;;;;+1;2*+2. The number of H-pyrrole nitrogens is 2. The van der Waals surface area contributed by atoms with Crippen molar-refractivity contribution in [3.05, 3.63) is 206 Å². The van der Waals surface area contributed by atoms with Crippen LogP contribution in [0.5, 0.6) is 57.5 Å². The molecule has 38 heteroatoms. The third-order valence-corrected chi connectivity index (χ3v) is 25.0. The number of methoxy groups -OCH3 is 10. The predicted molar refractivity (Wildman–Crippen MR) is 557 cm³/mol. The number of nitrogens with zero attached hydrogens (tertiary/aromatic N) is 13. The van der Waals surface area contributed by atoms with Gasteiger partial charge in [-0.05, 0) is 163 Å². The summed E-state index contributed by atoms with van der Waals surface area (Å²) in [6.07, 6.45) is 8.66. The molecule has 0 aliphatic heterocycles. The third kappa shape index (κ3) is 33.2. The zero-order valence-corrected chi connectivity index (χ0v) is 86.5. The summed E-state index contributed by atoms with van der Waals surface area (Å²) in [5, 5.41) is 1.77. The fourth-order valence-electron chi connectivity index (χ4n) is 12.9. The molecule has 0 amide bonds. The predicted octanol–water partition coefficient (Wildman–Crippen LogP) is 17.4. The number of ether oxygens (including phenoxy) is 10. The maximum atomic E-state index is 12.7. The molecule has 0 bridgehead atoms. The Bertz CT molecular complexity index is 5510. The molecule has 30 nitrogen and oxygen atoms in total. The largest absolute Gasteiger partial charge is 2.00 e. The molecule has 0 saturated carbocycles. The van der Waals surface area contributed by atoms with E-state index in [-0.39, 0.29) is 193 Å². The van der Waals surface area contributed by atoms with Gasteiger partial charge in [-0.3, -0.25) is 46.0 Å². The quantitative estimate of drug-likeness (QED) is 0.0502. The molecule has 5 unspecified atom stereocenters. The summed E-state index contributed by atoms with van der Waals surface area (Å²) in [5.41, 5.74) is 20.1. The Morgan fingerprint density at radius 1 is 0.272 bits per heavy atom. The molecule has 15 rings (SSSR count). The number of aromatic nitrogens is 15. The summed E-state index contributed by atoms with van der Waals surface area (Å²) < 4.78 is 116. The molecule has 15 aromatic rings. The second kappa shape index (κ2) is 63.7. The second-order valence-electron chi connectivity index (χ2n) is 27.1. The van der Waals surface area contributed by atoms with E-state index in [0.717, 1.165) is 146 Å². The Kier molecular flexibility index (Phi) is 62.4. The van der Waals surface area contributed by atoms with Crippen molar-refractivity contribution in [2.75, 3.05) is 71.1 Å². The van der Waals surface area contributed by atoms with Crippen molar-refractivity contribution in [3.8, 4) is 57.5 Å². The van der Waals surface area contributed by atoms with Gasteiger partial charge < -0.3 is 87.2 Å². The molecule has 730 valence electrons. The van der Waals surface area contributed by atoms with Gasteiger partial charge >= 0.3 is 97.5 Å². The molecule has 2 N–H and O–H groups in total. The summed E-state index contributed by atoms with van der Waals surface area (Å²) in [7, 11) is 9.31. The van der Waals surface area contributed by atoms with Gasteiger partial charge in [-0.15, -0.1) is 0 Å². The van der Waals surface area contributed by atoms with Gasteiger partial charge in [-0.25, -0.2) is 9.97 Å². The van der Waals surface area contributed by atoms with E-state index in [1.807, 2.05) is 133 Å². The zero-order chi connectivity index (χ0) is 90.3. The van der Waals surface area contributed by atoms with Gasteiger partial charge in [0, 0.05) is 114 Å². The van der Waals surface area contributed by atoms with E-state index in [4.69, 9.17) is 47.4 Å². The van der Waals surface area contributed by atoms with Crippen molar-refractivity contribution >= 4 is 155 Å². The van der Waals surface area contributed by atoms with Crippen molar-refractivity contribution in [3.63, 3.8) is 0 Å². The molecule has 10 heterocycles. The first kappa shape index (κ1) is 133. The number of fused-ring (bicyclic) bond motifs is 5. The van der Waals surface area contributed by atoms with Crippen LogP contribution in [0, 0.1) is 69.2 Å². The first-order valence-electron chi connectivity index (χ1n) is 39.1. The molecule has 0 aliphatic rings. The molecule has 0 spiro atoms. The van der Waals surface area contributed by atoms with Gasteiger partial charge in [0.1, 0.15) is 57.5 Å². The van der Waals surface area contributed by atoms with Gasteiger partial charge in [0.2, 0.25) is 0 Å². The van der Waals surface area contributed by atoms with Crippen molar-refractivity contribution < 1.29 is 120 Å². The average Bonchev–Trinajstić information content (AvgIpc) is 1.70. The van der Waals surface area contributed by atoms with Crippen LogP contribution in [-0.4, -0.2) is 198 Å². The van der Waals surface area contributed by atoms with Crippen molar-refractivity contribution in [2.45, 2.75) is 218 Å². The molecule has 0 fully saturated rings. The van der Waals surface area contributed by atoms with Crippen molar-refractivity contribution in [1.82, 2.24) is 74.8 Å². The Balaban J connectivity index is -0.000000776. The van der Waals surface area contributed by atoms with Crippen molar-refractivity contribution in [1.29, 1.82) is 0 Å². The summed E-state index contributed by atoms with van der Waals surface area (Å²) in [6, 6.07) is 27.2. The Hall–Kier alpha value is -8.88. The van der Waals surface area contributed by atoms with Crippen LogP contribution < -0.4 is 114 Å². The molecular formula is C98H140KMg2N15O15S5+2. The smallest absolute Gasteiger partial charge is 0.497 e. The van der Waals surface area contributed by atoms with E-state index in [9.17, 15) is 21.0 Å². The molecule has 136 heavy (non-hydrogen) atoms. The van der Waals surface area contributed by atoms with Gasteiger partial charge in [0.25, 0.3) is 0 Å². The minimum Gasteiger partial charge on any atom is -0.497 e. The summed E-state index contributed by atoms with van der Waals surface area (Å²) in [5.74, 6) is 8.72. The first-order chi connectivity index (χ1) is 59.6. The van der Waals surface area contributed by atoms with Gasteiger partial charge in [-0.2, -0.15) is 0 Å². The van der Waals surface area contributed by atoms with Crippen LogP contribution in [0.25, 0.3) is 55.2 Å². The minimum atomic E-state index is -1.38. The fourth-order valence-corrected chi connectivity index (χ4v) is 18.3. The molecule has 0 aliphatic carbocycles. The van der Waals surface area contributed by atoms with E-state index in [1.165, 1.54) is 0 Å². The number of benzene rings is 5. The normalized spacial score (nSPS) is 11.0. The number of rotatable bonds is 25. The minimum absolute atomic E-state index is 0. The molecule has 0 saturated heterocycles. The Morgan fingerprint density at radius 3 is 0.676 bits per heavy atom. The third-order valence-electron chi connectivity index (χ3n) is 19.3. The SMILES string of the molecule is C.C.C.C.C.C.C.C.C.CC.CC.COc1ccc2[n-]c(S(=O)Cc3ncc(C)c(OC)c3C)nc2c1.COc1ccc2[n-]c(S(=O)Cc3ncc(C)c(OC)c3C)nc2c1.COc1ccc2[n-]c(S(=O)Cc3ncc(C)c(OC)c3C)nc2c1.COc1ccc2nc(S(=O)Cc3ncc(C)c(OC)c3C)[nH]c2c1.COc1ccc2nc(S(=O)Cc3ncc(C)c(OC)c3C)[nH]c2c1.[K+].[Mg+2].[Mg+2].